The van der Waals surface area contributed by atoms with Gasteiger partial charge in [0.1, 0.15) is 6.04 Å². The third kappa shape index (κ3) is 2.57. The van der Waals surface area contributed by atoms with Crippen molar-refractivity contribution in [1.82, 2.24) is 15.5 Å². The molecule has 88 valence electrons. The summed E-state index contributed by atoms with van der Waals surface area (Å²) in [4.78, 5) is 15.5. The first-order valence-electron chi connectivity index (χ1n) is 5.31. The lowest BCUT2D eigenvalue weighted by Gasteiger charge is -2.13. The molecule has 1 unspecified atom stereocenters. The van der Waals surface area contributed by atoms with Gasteiger partial charge in [-0.05, 0) is 25.7 Å². The lowest BCUT2D eigenvalue weighted by Crippen LogP contribution is -2.39. The largest absolute Gasteiger partial charge is 0.468 e. The Morgan fingerprint density at radius 3 is 2.94 bits per heavy atom. The number of ether oxygens (including phenoxy) is 1. The van der Waals surface area contributed by atoms with Gasteiger partial charge in [-0.25, -0.2) is 0 Å². The fraction of sp³-hybridized carbons (Fsp3) is 0.700. The highest BCUT2D eigenvalue weighted by Gasteiger charge is 2.36. The average molecular weight is 225 g/mol. The van der Waals surface area contributed by atoms with Crippen molar-refractivity contribution >= 4 is 5.97 Å². The van der Waals surface area contributed by atoms with Crippen LogP contribution >= 0.6 is 0 Å². The summed E-state index contributed by atoms with van der Waals surface area (Å²) >= 11 is 0. The summed E-state index contributed by atoms with van der Waals surface area (Å²) in [6, 6.07) is -0.253. The summed E-state index contributed by atoms with van der Waals surface area (Å²) in [7, 11) is 1.40. The minimum absolute atomic E-state index is 0.223. The van der Waals surface area contributed by atoms with E-state index in [1.54, 1.807) is 6.92 Å². The molecule has 1 N–H and O–H groups in total. The van der Waals surface area contributed by atoms with Crippen molar-refractivity contribution in [2.75, 3.05) is 7.11 Å². The lowest BCUT2D eigenvalue weighted by atomic mass is 10.2. The molecule has 1 aliphatic rings. The number of methoxy groups -OCH3 is 1. The molecule has 6 heteroatoms. The molecule has 0 aromatic carbocycles. The summed E-state index contributed by atoms with van der Waals surface area (Å²) in [5.74, 6) is 1.25. The Labute approximate surface area is 93.4 Å². The van der Waals surface area contributed by atoms with E-state index in [1.807, 2.05) is 0 Å². The molecule has 1 aliphatic carbocycles. The van der Waals surface area contributed by atoms with Crippen LogP contribution in [0.4, 0.5) is 0 Å². The first-order valence-corrected chi connectivity index (χ1v) is 5.31. The molecule has 1 atom stereocenters. The van der Waals surface area contributed by atoms with Crippen LogP contribution in [0.3, 0.4) is 0 Å². The van der Waals surface area contributed by atoms with Crippen LogP contribution < -0.4 is 5.32 Å². The quantitative estimate of drug-likeness (QED) is 0.732. The number of carbonyl (C=O) groups is 1. The summed E-state index contributed by atoms with van der Waals surface area (Å²) < 4.78 is 9.69. The van der Waals surface area contributed by atoms with Crippen LogP contribution in [-0.2, 0) is 16.1 Å². The molecule has 0 amide bonds. The molecule has 1 aromatic rings. The predicted octanol–water partition coefficient (Wildman–Crippen LogP) is 0.419. The minimum atomic E-state index is -0.253. The second kappa shape index (κ2) is 4.61. The highest BCUT2D eigenvalue weighted by Crippen LogP contribution is 2.33. The van der Waals surface area contributed by atoms with E-state index in [2.05, 4.69) is 15.5 Å². The van der Waals surface area contributed by atoms with Gasteiger partial charge in [0, 0.05) is 0 Å². The summed E-state index contributed by atoms with van der Waals surface area (Å²) in [5, 5.41) is 6.77. The highest BCUT2D eigenvalue weighted by molar-refractivity contribution is 5.76. The van der Waals surface area contributed by atoms with Crippen LogP contribution in [0.2, 0.25) is 0 Å². The first-order chi connectivity index (χ1) is 7.70. The van der Waals surface area contributed by atoms with Gasteiger partial charge >= 0.3 is 5.97 Å². The molecule has 0 saturated heterocycles. The van der Waals surface area contributed by atoms with Crippen LogP contribution in [0, 0.1) is 12.8 Å². The SMILES string of the molecule is COC(=O)C(NCc1nc(C)no1)C1CC1. The number of aryl methyl sites for hydroxylation is 1. The smallest absolute Gasteiger partial charge is 0.323 e. The minimum Gasteiger partial charge on any atom is -0.468 e. The molecule has 1 heterocycles. The topological polar surface area (TPSA) is 77.2 Å². The number of esters is 1. The van der Waals surface area contributed by atoms with E-state index in [0.29, 0.717) is 24.2 Å². The van der Waals surface area contributed by atoms with Crippen molar-refractivity contribution in [3.63, 3.8) is 0 Å². The maximum atomic E-state index is 11.5. The van der Waals surface area contributed by atoms with Gasteiger partial charge in [-0.1, -0.05) is 5.16 Å². The van der Waals surface area contributed by atoms with Crippen molar-refractivity contribution in [3.05, 3.63) is 11.7 Å². The molecular weight excluding hydrogens is 210 g/mol. The third-order valence-electron chi connectivity index (χ3n) is 2.59. The highest BCUT2D eigenvalue weighted by atomic mass is 16.5. The van der Waals surface area contributed by atoms with Gasteiger partial charge in [-0.15, -0.1) is 0 Å². The Hall–Kier alpha value is -1.43. The first kappa shape index (κ1) is 11.1. The zero-order valence-electron chi connectivity index (χ0n) is 9.40. The average Bonchev–Trinajstić information content (AvgIpc) is 3.02. The number of hydrogen-bond donors (Lipinski definition) is 1. The molecule has 6 nitrogen and oxygen atoms in total. The van der Waals surface area contributed by atoms with Crippen LogP contribution in [0.5, 0.6) is 0 Å². The van der Waals surface area contributed by atoms with Crippen molar-refractivity contribution < 1.29 is 14.1 Å². The Morgan fingerprint density at radius 2 is 2.44 bits per heavy atom. The monoisotopic (exact) mass is 225 g/mol. The molecule has 2 rings (SSSR count). The number of rotatable bonds is 5. The van der Waals surface area contributed by atoms with E-state index in [4.69, 9.17) is 9.26 Å². The maximum Gasteiger partial charge on any atom is 0.323 e. The maximum absolute atomic E-state index is 11.5. The van der Waals surface area contributed by atoms with E-state index in [0.717, 1.165) is 12.8 Å². The van der Waals surface area contributed by atoms with Crippen LogP contribution in [0.15, 0.2) is 4.52 Å². The third-order valence-corrected chi connectivity index (χ3v) is 2.59. The Balaban J connectivity index is 1.88. The summed E-state index contributed by atoms with van der Waals surface area (Å²) in [6.07, 6.45) is 2.13. The molecule has 1 fully saturated rings. The Bertz CT molecular complexity index is 373. The number of carbonyl (C=O) groups excluding carboxylic acids is 1. The van der Waals surface area contributed by atoms with Gasteiger partial charge in [0.2, 0.25) is 5.89 Å². The van der Waals surface area contributed by atoms with Crippen molar-refractivity contribution in [2.45, 2.75) is 32.4 Å². The van der Waals surface area contributed by atoms with Crippen LogP contribution in [0.1, 0.15) is 24.6 Å². The van der Waals surface area contributed by atoms with Gasteiger partial charge in [0.25, 0.3) is 0 Å². The van der Waals surface area contributed by atoms with Gasteiger partial charge in [0.05, 0.1) is 13.7 Å². The zero-order valence-corrected chi connectivity index (χ0v) is 9.40. The van der Waals surface area contributed by atoms with Crippen molar-refractivity contribution in [2.24, 2.45) is 5.92 Å². The number of nitrogens with one attached hydrogen (secondary N) is 1. The standard InChI is InChI=1S/C10H15N3O3/c1-6-12-8(16-13-6)5-11-9(7-3-4-7)10(14)15-2/h7,9,11H,3-5H2,1-2H3. The van der Waals surface area contributed by atoms with Crippen molar-refractivity contribution in [1.29, 1.82) is 0 Å². The molecule has 1 aromatic heterocycles. The number of hydrogen-bond acceptors (Lipinski definition) is 6. The van der Waals surface area contributed by atoms with Crippen LogP contribution in [-0.4, -0.2) is 29.3 Å². The van der Waals surface area contributed by atoms with Crippen LogP contribution in [0.25, 0.3) is 0 Å². The van der Waals surface area contributed by atoms with E-state index >= 15 is 0 Å². The number of aromatic nitrogens is 2. The van der Waals surface area contributed by atoms with E-state index in [-0.39, 0.29) is 12.0 Å². The fourth-order valence-electron chi connectivity index (χ4n) is 1.61. The lowest BCUT2D eigenvalue weighted by molar-refractivity contribution is -0.143. The summed E-state index contributed by atoms with van der Waals surface area (Å²) in [5.41, 5.74) is 0. The molecule has 0 spiro atoms. The molecule has 0 radical (unpaired) electrons. The second-order valence-corrected chi connectivity index (χ2v) is 3.95. The van der Waals surface area contributed by atoms with Crippen molar-refractivity contribution in [3.8, 4) is 0 Å². The van der Waals surface area contributed by atoms with Gasteiger partial charge in [-0.3, -0.25) is 10.1 Å². The van der Waals surface area contributed by atoms with E-state index in [1.165, 1.54) is 7.11 Å². The molecular formula is C10H15N3O3. The zero-order chi connectivity index (χ0) is 11.5. The predicted molar refractivity (Wildman–Crippen MR) is 54.4 cm³/mol. The van der Waals surface area contributed by atoms with E-state index in [9.17, 15) is 4.79 Å². The van der Waals surface area contributed by atoms with Gasteiger partial charge in [-0.2, -0.15) is 4.98 Å². The molecule has 0 aliphatic heterocycles. The normalized spacial score (nSPS) is 17.1. The van der Waals surface area contributed by atoms with Gasteiger partial charge < -0.3 is 9.26 Å². The Kier molecular flexibility index (Phi) is 3.19. The molecule has 0 bridgehead atoms. The Morgan fingerprint density at radius 1 is 1.69 bits per heavy atom. The summed E-state index contributed by atoms with van der Waals surface area (Å²) in [6.45, 7) is 2.16. The number of nitrogens with zero attached hydrogens (tertiary/aromatic N) is 2. The van der Waals surface area contributed by atoms with Gasteiger partial charge in [0.15, 0.2) is 5.82 Å². The van der Waals surface area contributed by atoms with E-state index < -0.39 is 0 Å². The second-order valence-electron chi connectivity index (χ2n) is 3.95. The fourth-order valence-corrected chi connectivity index (χ4v) is 1.61. The molecule has 16 heavy (non-hydrogen) atoms. The molecule has 1 saturated carbocycles.